The lowest BCUT2D eigenvalue weighted by atomic mass is 9.90. The molecule has 4 amide bonds. The topological polar surface area (TPSA) is 181 Å². The average molecular weight is 576 g/mol. The molecule has 0 aliphatic heterocycles. The molecule has 0 fully saturated rings. The van der Waals surface area contributed by atoms with E-state index >= 15 is 0 Å². The molecule has 0 bridgehead atoms. The fourth-order valence-corrected chi connectivity index (χ4v) is 4.60. The van der Waals surface area contributed by atoms with E-state index in [9.17, 15) is 24.4 Å². The van der Waals surface area contributed by atoms with Gasteiger partial charge < -0.3 is 25.7 Å². The van der Waals surface area contributed by atoms with Crippen LogP contribution in [0, 0.1) is 12.8 Å². The molecular formula is C27H38N5O7P. The molecule has 218 valence electrons. The Morgan fingerprint density at radius 2 is 1.80 bits per heavy atom. The Labute approximate surface area is 235 Å². The summed E-state index contributed by atoms with van der Waals surface area (Å²) in [5.74, 6) is -1.95. The van der Waals surface area contributed by atoms with Crippen LogP contribution < -0.4 is 16.0 Å². The number of carbonyl (C=O) groups is 4. The van der Waals surface area contributed by atoms with Crippen LogP contribution in [0.5, 0.6) is 0 Å². The minimum absolute atomic E-state index is 0.124. The summed E-state index contributed by atoms with van der Waals surface area (Å²) < 4.78 is 0. The van der Waals surface area contributed by atoms with Crippen molar-refractivity contribution in [2.45, 2.75) is 58.9 Å². The Morgan fingerprint density at radius 3 is 2.42 bits per heavy atom. The quantitative estimate of drug-likeness (QED) is 0.0441. The van der Waals surface area contributed by atoms with Crippen molar-refractivity contribution >= 4 is 32.5 Å². The number of carbonyl (C=O) groups excluding carboxylic acids is 4. The van der Waals surface area contributed by atoms with Crippen LogP contribution in [-0.2, 0) is 9.59 Å². The molecule has 1 aromatic carbocycles. The van der Waals surface area contributed by atoms with Gasteiger partial charge in [-0.2, -0.15) is 0 Å². The van der Waals surface area contributed by atoms with Gasteiger partial charge in [0.05, 0.1) is 30.6 Å². The van der Waals surface area contributed by atoms with Crippen molar-refractivity contribution in [2.24, 2.45) is 5.92 Å². The van der Waals surface area contributed by atoms with Crippen LogP contribution in [0.25, 0.3) is 11.3 Å². The molecule has 0 radical (unpaired) electrons. The zero-order chi connectivity index (χ0) is 29.7. The Morgan fingerprint density at radius 1 is 1.05 bits per heavy atom. The molecule has 1 aromatic heterocycles. The van der Waals surface area contributed by atoms with Gasteiger partial charge in [0.25, 0.3) is 11.8 Å². The standard InChI is InChI=1S/C27H38N5O7P/c1-4-6-7-9-21(24(5-2)32(37)17-33)26(35)28-15-29-27(36)23-11-8-10-22(31-23)19-12-13-20(18(3)14-19)25(34)30-16-40(38)39/h8,10-14,17,21,24,37-39H,4-7,9,15-16H2,1-3H3,(H,28,35)(H,29,36)(H,30,34). The maximum atomic E-state index is 12.9. The Bertz CT molecular complexity index is 1160. The minimum atomic E-state index is -2.24. The lowest BCUT2D eigenvalue weighted by Crippen LogP contribution is -2.47. The molecule has 0 aliphatic rings. The van der Waals surface area contributed by atoms with Crippen LogP contribution in [0.15, 0.2) is 36.4 Å². The summed E-state index contributed by atoms with van der Waals surface area (Å²) in [5.41, 5.74) is 2.32. The van der Waals surface area contributed by atoms with Crippen molar-refractivity contribution in [1.82, 2.24) is 26.0 Å². The lowest BCUT2D eigenvalue weighted by Gasteiger charge is -2.29. The number of hydrogen-bond donors (Lipinski definition) is 6. The molecule has 2 atom stereocenters. The van der Waals surface area contributed by atoms with Crippen LogP contribution >= 0.6 is 8.38 Å². The monoisotopic (exact) mass is 575 g/mol. The predicted molar refractivity (Wildman–Crippen MR) is 150 cm³/mol. The van der Waals surface area contributed by atoms with E-state index in [1.54, 1.807) is 44.2 Å². The van der Waals surface area contributed by atoms with E-state index in [1.165, 1.54) is 6.07 Å². The van der Waals surface area contributed by atoms with Gasteiger partial charge in [-0.25, -0.2) is 10.0 Å². The number of pyridine rings is 1. The first-order chi connectivity index (χ1) is 19.1. The van der Waals surface area contributed by atoms with Crippen LogP contribution in [-0.4, -0.2) is 68.2 Å². The number of rotatable bonds is 16. The Balaban J connectivity index is 2.05. The largest absolute Gasteiger partial charge is 0.349 e. The third kappa shape index (κ3) is 9.63. The highest BCUT2D eigenvalue weighted by Crippen LogP contribution is 2.23. The number of amides is 4. The van der Waals surface area contributed by atoms with Gasteiger partial charge in [0.2, 0.25) is 12.3 Å². The van der Waals surface area contributed by atoms with E-state index in [4.69, 9.17) is 9.79 Å². The minimum Gasteiger partial charge on any atom is -0.349 e. The summed E-state index contributed by atoms with van der Waals surface area (Å²) in [7, 11) is -2.24. The van der Waals surface area contributed by atoms with Crippen molar-refractivity contribution in [3.8, 4) is 11.3 Å². The molecule has 0 saturated heterocycles. The number of benzene rings is 1. The number of aromatic nitrogens is 1. The van der Waals surface area contributed by atoms with Gasteiger partial charge in [-0.1, -0.05) is 45.2 Å². The molecule has 1 heterocycles. The zero-order valence-electron chi connectivity index (χ0n) is 23.0. The highest BCUT2D eigenvalue weighted by atomic mass is 31.2. The van der Waals surface area contributed by atoms with Crippen LogP contribution in [0.2, 0.25) is 0 Å². The second kappa shape index (κ2) is 16.6. The van der Waals surface area contributed by atoms with Gasteiger partial charge in [0.15, 0.2) is 8.38 Å². The molecule has 2 rings (SSSR count). The number of aryl methyl sites for hydroxylation is 1. The number of hydroxylamine groups is 2. The van der Waals surface area contributed by atoms with Crippen molar-refractivity contribution in [1.29, 1.82) is 0 Å². The SMILES string of the molecule is CCCCCC(C(=O)NCNC(=O)c1cccc(-c2ccc(C(=O)NCP(O)O)c(C)c2)n1)C(CC)N(O)C=O. The van der Waals surface area contributed by atoms with E-state index in [0.717, 1.165) is 19.3 Å². The van der Waals surface area contributed by atoms with E-state index in [0.29, 0.717) is 46.7 Å². The number of nitrogens with zero attached hydrogens (tertiary/aromatic N) is 2. The second-order valence-corrected chi connectivity index (χ2v) is 10.3. The van der Waals surface area contributed by atoms with Crippen molar-refractivity contribution < 1.29 is 34.2 Å². The molecule has 2 aromatic rings. The number of nitrogens with one attached hydrogen (secondary N) is 3. The summed E-state index contributed by atoms with van der Waals surface area (Å²) in [5, 5.41) is 18.2. The number of hydrogen-bond acceptors (Lipinski definition) is 8. The lowest BCUT2D eigenvalue weighted by molar-refractivity contribution is -0.168. The van der Waals surface area contributed by atoms with E-state index < -0.39 is 32.1 Å². The summed E-state index contributed by atoms with van der Waals surface area (Å²) in [4.78, 5) is 71.5. The molecule has 40 heavy (non-hydrogen) atoms. The van der Waals surface area contributed by atoms with Gasteiger partial charge in [0, 0.05) is 11.1 Å². The maximum absolute atomic E-state index is 12.9. The first-order valence-corrected chi connectivity index (χ1v) is 14.6. The number of unbranched alkanes of at least 4 members (excludes halogenated alkanes) is 2. The van der Waals surface area contributed by atoms with Crippen LogP contribution in [0.3, 0.4) is 0 Å². The summed E-state index contributed by atoms with van der Waals surface area (Å²) in [6.45, 7) is 5.40. The van der Waals surface area contributed by atoms with Crippen LogP contribution in [0.1, 0.15) is 72.4 Å². The first-order valence-electron chi connectivity index (χ1n) is 13.1. The summed E-state index contributed by atoms with van der Waals surface area (Å²) >= 11 is 0. The van der Waals surface area contributed by atoms with Crippen molar-refractivity contribution in [3.63, 3.8) is 0 Å². The fourth-order valence-electron chi connectivity index (χ4n) is 4.32. The zero-order valence-corrected chi connectivity index (χ0v) is 23.9. The van der Waals surface area contributed by atoms with E-state index in [1.807, 2.05) is 6.92 Å². The molecule has 13 heteroatoms. The average Bonchev–Trinajstić information content (AvgIpc) is 2.95. The van der Waals surface area contributed by atoms with Gasteiger partial charge >= 0.3 is 0 Å². The third-order valence-corrected chi connectivity index (χ3v) is 6.87. The molecule has 2 unspecified atom stereocenters. The highest BCUT2D eigenvalue weighted by Gasteiger charge is 2.30. The smallest absolute Gasteiger partial charge is 0.271 e. The van der Waals surface area contributed by atoms with Gasteiger partial charge in [-0.3, -0.25) is 24.4 Å². The molecule has 12 nitrogen and oxygen atoms in total. The highest BCUT2D eigenvalue weighted by molar-refractivity contribution is 7.45. The van der Waals surface area contributed by atoms with Crippen molar-refractivity contribution in [3.05, 3.63) is 53.2 Å². The summed E-state index contributed by atoms with van der Waals surface area (Å²) in [6.07, 6.45) is 3.57. The van der Waals surface area contributed by atoms with Gasteiger partial charge in [-0.05, 0) is 49.6 Å². The molecule has 0 saturated carbocycles. The molecule has 0 aliphatic carbocycles. The molecule has 6 N–H and O–H groups in total. The third-order valence-electron chi connectivity index (χ3n) is 6.43. The fraction of sp³-hybridized carbons (Fsp3) is 0.444. The maximum Gasteiger partial charge on any atom is 0.271 e. The van der Waals surface area contributed by atoms with E-state index in [2.05, 4.69) is 20.9 Å². The molecule has 0 spiro atoms. The normalized spacial score (nSPS) is 12.4. The Hall–Kier alpha value is -3.44. The van der Waals surface area contributed by atoms with Gasteiger partial charge in [0.1, 0.15) is 5.69 Å². The predicted octanol–water partition coefficient (Wildman–Crippen LogP) is 2.67. The molecular weight excluding hydrogens is 537 g/mol. The van der Waals surface area contributed by atoms with Crippen LogP contribution in [0.4, 0.5) is 0 Å². The van der Waals surface area contributed by atoms with Crippen molar-refractivity contribution in [2.75, 3.05) is 13.0 Å². The first kappa shape index (κ1) is 32.8. The Kier molecular flexibility index (Phi) is 13.6. The second-order valence-electron chi connectivity index (χ2n) is 9.26. The van der Waals surface area contributed by atoms with E-state index in [-0.39, 0.29) is 24.6 Å². The summed E-state index contributed by atoms with van der Waals surface area (Å²) in [6, 6.07) is 9.27. The van der Waals surface area contributed by atoms with Gasteiger partial charge in [-0.15, -0.1) is 0 Å².